The number of rotatable bonds is 10. The lowest BCUT2D eigenvalue weighted by Crippen LogP contribution is -2.45. The van der Waals surface area contributed by atoms with Crippen LogP contribution >= 0.6 is 0 Å². The molecular weight excluding hydrogens is 500 g/mol. The van der Waals surface area contributed by atoms with Crippen LogP contribution in [0.15, 0.2) is 60.7 Å². The largest absolute Gasteiger partial charge is 0.467 e. The van der Waals surface area contributed by atoms with Gasteiger partial charge in [0.1, 0.15) is 6.10 Å². The van der Waals surface area contributed by atoms with Crippen LogP contribution in [0, 0.1) is 0 Å². The summed E-state index contributed by atoms with van der Waals surface area (Å²) in [4.78, 5) is 45.8. The molecule has 0 aliphatic carbocycles. The van der Waals surface area contributed by atoms with Crippen molar-refractivity contribution in [2.24, 2.45) is 0 Å². The Labute approximate surface area is 220 Å². The summed E-state index contributed by atoms with van der Waals surface area (Å²) in [7, 11) is 2.35. The molecular formula is C26H34N2O10. The van der Waals surface area contributed by atoms with Crippen molar-refractivity contribution >= 4 is 24.1 Å². The van der Waals surface area contributed by atoms with E-state index in [0.717, 1.165) is 7.11 Å². The Morgan fingerprint density at radius 3 is 1.61 bits per heavy atom. The van der Waals surface area contributed by atoms with E-state index in [1.807, 2.05) is 0 Å². The SMILES string of the molecule is CCOC(=O)N[C@H](C(=O)OC)[C@H](O)c1ccccc1.CCOC(=O)N[C@H](c1ccccc1)[C@H](O)C(=O)OC. The van der Waals surface area contributed by atoms with Crippen LogP contribution < -0.4 is 10.6 Å². The highest BCUT2D eigenvalue weighted by molar-refractivity contribution is 5.82. The van der Waals surface area contributed by atoms with Crippen molar-refractivity contribution in [3.63, 3.8) is 0 Å². The van der Waals surface area contributed by atoms with Gasteiger partial charge >= 0.3 is 24.1 Å². The van der Waals surface area contributed by atoms with E-state index in [1.54, 1.807) is 74.5 Å². The maximum absolute atomic E-state index is 11.6. The third kappa shape index (κ3) is 10.4. The number of aliphatic hydroxyl groups excluding tert-OH is 2. The number of esters is 2. The van der Waals surface area contributed by atoms with Gasteiger partial charge in [0.15, 0.2) is 12.1 Å². The maximum atomic E-state index is 11.6. The predicted octanol–water partition coefficient (Wildman–Crippen LogP) is 2.02. The first-order valence-electron chi connectivity index (χ1n) is 11.7. The predicted molar refractivity (Wildman–Crippen MR) is 135 cm³/mol. The van der Waals surface area contributed by atoms with E-state index in [2.05, 4.69) is 24.8 Å². The van der Waals surface area contributed by atoms with Crippen molar-refractivity contribution in [3.05, 3.63) is 71.8 Å². The van der Waals surface area contributed by atoms with Gasteiger partial charge in [-0.05, 0) is 25.0 Å². The van der Waals surface area contributed by atoms with E-state index < -0.39 is 48.4 Å². The van der Waals surface area contributed by atoms with Crippen molar-refractivity contribution in [3.8, 4) is 0 Å². The third-order valence-electron chi connectivity index (χ3n) is 4.93. The number of carbonyl (C=O) groups excluding carboxylic acids is 4. The highest BCUT2D eigenvalue weighted by atomic mass is 16.6. The minimum absolute atomic E-state index is 0.168. The first kappa shape index (κ1) is 31.9. The zero-order chi connectivity index (χ0) is 28.5. The topological polar surface area (TPSA) is 170 Å². The van der Waals surface area contributed by atoms with Crippen LogP contribution in [0.3, 0.4) is 0 Å². The van der Waals surface area contributed by atoms with Crippen molar-refractivity contribution < 1.29 is 48.3 Å². The van der Waals surface area contributed by atoms with Gasteiger partial charge in [0, 0.05) is 0 Å². The molecule has 0 aliphatic rings. The molecule has 2 aromatic carbocycles. The number of aliphatic hydroxyl groups is 2. The summed E-state index contributed by atoms with van der Waals surface area (Å²) in [6, 6.07) is 15.0. The summed E-state index contributed by atoms with van der Waals surface area (Å²) in [5, 5.41) is 24.7. The Bertz CT molecular complexity index is 1000. The summed E-state index contributed by atoms with van der Waals surface area (Å²) in [6.45, 7) is 3.66. The second-order valence-electron chi connectivity index (χ2n) is 7.44. The Morgan fingerprint density at radius 1 is 0.711 bits per heavy atom. The van der Waals surface area contributed by atoms with Crippen LogP contribution in [0.5, 0.6) is 0 Å². The van der Waals surface area contributed by atoms with Gasteiger partial charge in [-0.2, -0.15) is 0 Å². The van der Waals surface area contributed by atoms with Crippen LogP contribution in [0.4, 0.5) is 9.59 Å². The molecule has 0 unspecified atom stereocenters. The van der Waals surface area contributed by atoms with Gasteiger partial charge in [-0.25, -0.2) is 19.2 Å². The Hall–Kier alpha value is -4.16. The lowest BCUT2D eigenvalue weighted by Gasteiger charge is -2.22. The number of ether oxygens (including phenoxy) is 4. The van der Waals surface area contributed by atoms with E-state index >= 15 is 0 Å². The van der Waals surface area contributed by atoms with E-state index in [1.165, 1.54) is 7.11 Å². The minimum Gasteiger partial charge on any atom is -0.467 e. The molecule has 12 heteroatoms. The normalized spacial score (nSPS) is 13.2. The number of nitrogens with one attached hydrogen (secondary N) is 2. The van der Waals surface area contributed by atoms with Crippen molar-refractivity contribution in [1.82, 2.24) is 10.6 Å². The summed E-state index contributed by atoms with van der Waals surface area (Å²) >= 11 is 0. The minimum atomic E-state index is -1.50. The van der Waals surface area contributed by atoms with Crippen LogP contribution in [-0.4, -0.2) is 73.9 Å². The third-order valence-corrected chi connectivity index (χ3v) is 4.93. The highest BCUT2D eigenvalue weighted by Crippen LogP contribution is 2.19. The number of methoxy groups -OCH3 is 2. The van der Waals surface area contributed by atoms with Crippen molar-refractivity contribution in [1.29, 1.82) is 0 Å². The molecule has 2 amide bonds. The standard InChI is InChI=1S/2C13H17NO5/c1-3-19-13(17)14-10(12(16)18-2)11(15)9-7-5-4-6-8-9;1-3-19-13(17)14-10(11(15)12(16)18-2)9-7-5-4-6-8-9/h2*4-8,10-11,15H,3H2,1-2H3,(H,14,17)/t2*10-,11+/m01/s1. The summed E-state index contributed by atoms with van der Waals surface area (Å²) in [5.41, 5.74) is 1.07. The lowest BCUT2D eigenvalue weighted by atomic mass is 10.0. The first-order valence-corrected chi connectivity index (χ1v) is 11.7. The molecule has 0 saturated heterocycles. The Morgan fingerprint density at radius 2 is 1.16 bits per heavy atom. The number of alkyl carbamates (subject to hydrolysis) is 2. The average molecular weight is 535 g/mol. The van der Waals surface area contributed by atoms with E-state index in [4.69, 9.17) is 4.74 Å². The Kier molecular flexibility index (Phi) is 14.5. The van der Waals surface area contributed by atoms with E-state index in [-0.39, 0.29) is 13.2 Å². The van der Waals surface area contributed by atoms with E-state index in [9.17, 15) is 29.4 Å². The summed E-state index contributed by atoms with van der Waals surface area (Å²) < 4.78 is 18.5. The highest BCUT2D eigenvalue weighted by Gasteiger charge is 2.31. The zero-order valence-corrected chi connectivity index (χ0v) is 21.7. The van der Waals surface area contributed by atoms with Crippen LogP contribution in [0.25, 0.3) is 0 Å². The van der Waals surface area contributed by atoms with Crippen LogP contribution in [0.1, 0.15) is 37.1 Å². The Balaban J connectivity index is 0.000000380. The first-order chi connectivity index (χ1) is 18.2. The summed E-state index contributed by atoms with van der Waals surface area (Å²) in [6.07, 6.45) is -4.21. The van der Waals surface area contributed by atoms with Crippen LogP contribution in [0.2, 0.25) is 0 Å². The second-order valence-corrected chi connectivity index (χ2v) is 7.44. The maximum Gasteiger partial charge on any atom is 0.407 e. The molecule has 208 valence electrons. The molecule has 0 fully saturated rings. The summed E-state index contributed by atoms with van der Waals surface area (Å²) in [5.74, 6) is -1.57. The smallest absolute Gasteiger partial charge is 0.407 e. The molecule has 0 bridgehead atoms. The quantitative estimate of drug-likeness (QED) is 0.261. The second kappa shape index (κ2) is 17.3. The fraction of sp³-hybridized carbons (Fsp3) is 0.385. The molecule has 2 aromatic rings. The van der Waals surface area contributed by atoms with Crippen molar-refractivity contribution in [2.45, 2.75) is 38.1 Å². The van der Waals surface area contributed by atoms with E-state index in [0.29, 0.717) is 11.1 Å². The molecule has 0 saturated carbocycles. The molecule has 38 heavy (non-hydrogen) atoms. The van der Waals surface area contributed by atoms with Gasteiger partial charge in [0.2, 0.25) is 0 Å². The number of carbonyl (C=O) groups is 4. The fourth-order valence-corrected chi connectivity index (χ4v) is 3.10. The average Bonchev–Trinajstić information content (AvgIpc) is 2.94. The molecule has 12 nitrogen and oxygen atoms in total. The number of hydrogen-bond donors (Lipinski definition) is 4. The van der Waals surface area contributed by atoms with Gasteiger partial charge in [-0.1, -0.05) is 60.7 Å². The molecule has 4 atom stereocenters. The number of hydrogen-bond acceptors (Lipinski definition) is 10. The molecule has 2 rings (SSSR count). The zero-order valence-electron chi connectivity index (χ0n) is 21.7. The number of amides is 2. The monoisotopic (exact) mass is 534 g/mol. The van der Waals surface area contributed by atoms with Gasteiger partial charge in [-0.3, -0.25) is 0 Å². The fourth-order valence-electron chi connectivity index (χ4n) is 3.10. The molecule has 0 spiro atoms. The van der Waals surface area contributed by atoms with Crippen LogP contribution in [-0.2, 0) is 28.5 Å². The van der Waals surface area contributed by atoms with Gasteiger partial charge in [0.05, 0.1) is 33.5 Å². The molecule has 0 aliphatic heterocycles. The van der Waals surface area contributed by atoms with Gasteiger partial charge < -0.3 is 39.8 Å². The molecule has 0 radical (unpaired) electrons. The number of benzene rings is 2. The van der Waals surface area contributed by atoms with Crippen molar-refractivity contribution in [2.75, 3.05) is 27.4 Å². The molecule has 0 heterocycles. The van der Waals surface area contributed by atoms with Gasteiger partial charge in [-0.15, -0.1) is 0 Å². The van der Waals surface area contributed by atoms with Gasteiger partial charge in [0.25, 0.3) is 0 Å². The molecule has 0 aromatic heterocycles. The lowest BCUT2D eigenvalue weighted by molar-refractivity contribution is -0.152. The molecule has 4 N–H and O–H groups in total.